The summed E-state index contributed by atoms with van der Waals surface area (Å²) in [5.41, 5.74) is 1.96. The van der Waals surface area contributed by atoms with Crippen molar-refractivity contribution in [1.29, 1.82) is 0 Å². The van der Waals surface area contributed by atoms with Gasteiger partial charge in [-0.05, 0) is 48.6 Å². The largest absolute Gasteiger partial charge is 0.309 e. The molecule has 0 saturated carbocycles. The summed E-state index contributed by atoms with van der Waals surface area (Å²) in [5.74, 6) is -0.374. The Kier molecular flexibility index (Phi) is 6.08. The minimum absolute atomic E-state index is 0.108. The Hall–Kier alpha value is -1.04. The number of hydrogen-bond donors (Lipinski definition) is 1. The molecule has 0 spiro atoms. The van der Waals surface area contributed by atoms with Crippen molar-refractivity contribution in [2.45, 2.75) is 39.2 Å². The smallest absolute Gasteiger partial charge is 0.142 e. The Bertz CT molecular complexity index is 588. The maximum Gasteiger partial charge on any atom is 0.142 e. The van der Waals surface area contributed by atoms with Crippen LogP contribution in [-0.4, -0.2) is 16.1 Å². The van der Waals surface area contributed by atoms with E-state index < -0.39 is 0 Å². The Balaban J connectivity index is 2.22. The number of nitrogens with zero attached hydrogens (tertiary/aromatic N) is 2. The average Bonchev–Trinajstić information content (AvgIpc) is 2.91. The van der Waals surface area contributed by atoms with E-state index in [0.29, 0.717) is 6.42 Å². The molecule has 114 valence electrons. The van der Waals surface area contributed by atoms with E-state index in [-0.39, 0.29) is 16.9 Å². The normalized spacial score (nSPS) is 12.6. The fourth-order valence-corrected chi connectivity index (χ4v) is 3.18. The molecule has 0 aliphatic rings. The molecule has 1 atom stereocenters. The zero-order chi connectivity index (χ0) is 15.2. The summed E-state index contributed by atoms with van der Waals surface area (Å²) in [6.07, 6.45) is 2.65. The summed E-state index contributed by atoms with van der Waals surface area (Å²) in [6, 6.07) is 5.08. The van der Waals surface area contributed by atoms with Crippen molar-refractivity contribution in [2.75, 3.05) is 6.54 Å². The molecule has 6 heteroatoms. The molecule has 0 saturated heterocycles. The van der Waals surface area contributed by atoms with E-state index in [1.807, 2.05) is 6.07 Å². The summed E-state index contributed by atoms with van der Waals surface area (Å²) in [7, 11) is 0. The Morgan fingerprint density at radius 3 is 2.86 bits per heavy atom. The average molecular weight is 328 g/mol. The number of nitrogens with one attached hydrogen (secondary N) is 1. The number of aromatic nitrogens is 2. The standard InChI is InChI=1S/C15H19ClFN3S/c1-3-5-13-15(21-20-19-13)14(18-4-2)9-10-6-7-11(16)12(17)8-10/h6-8,14,18H,3-5,9H2,1-2H3. The molecular weight excluding hydrogens is 309 g/mol. The maximum absolute atomic E-state index is 13.6. The zero-order valence-corrected chi connectivity index (χ0v) is 13.8. The molecule has 0 aliphatic heterocycles. The molecule has 0 bridgehead atoms. The third kappa shape index (κ3) is 4.22. The second kappa shape index (κ2) is 7.82. The molecule has 1 N–H and O–H groups in total. The predicted octanol–water partition coefficient (Wildman–Crippen LogP) is 4.18. The van der Waals surface area contributed by atoms with Gasteiger partial charge in [0.2, 0.25) is 0 Å². The van der Waals surface area contributed by atoms with E-state index in [2.05, 4.69) is 28.8 Å². The predicted molar refractivity (Wildman–Crippen MR) is 85.4 cm³/mol. The van der Waals surface area contributed by atoms with E-state index >= 15 is 0 Å². The molecule has 3 nitrogen and oxygen atoms in total. The van der Waals surface area contributed by atoms with Crippen molar-refractivity contribution in [3.8, 4) is 0 Å². The number of rotatable bonds is 7. The quantitative estimate of drug-likeness (QED) is 0.829. The van der Waals surface area contributed by atoms with Gasteiger partial charge in [-0.3, -0.25) is 0 Å². The maximum atomic E-state index is 13.6. The highest BCUT2D eigenvalue weighted by atomic mass is 35.5. The molecule has 1 aromatic heterocycles. The Morgan fingerprint density at radius 1 is 1.38 bits per heavy atom. The van der Waals surface area contributed by atoms with Gasteiger partial charge in [0.15, 0.2) is 0 Å². The first-order valence-electron chi connectivity index (χ1n) is 7.14. The van der Waals surface area contributed by atoms with Gasteiger partial charge in [0.1, 0.15) is 5.82 Å². The van der Waals surface area contributed by atoms with Crippen LogP contribution in [0.1, 0.15) is 42.4 Å². The third-order valence-electron chi connectivity index (χ3n) is 3.26. The van der Waals surface area contributed by atoms with Crippen LogP contribution in [0.15, 0.2) is 18.2 Å². The van der Waals surface area contributed by atoms with Crippen LogP contribution in [0.4, 0.5) is 4.39 Å². The van der Waals surface area contributed by atoms with Crippen molar-refractivity contribution in [2.24, 2.45) is 0 Å². The van der Waals surface area contributed by atoms with E-state index in [4.69, 9.17) is 11.6 Å². The molecule has 2 aromatic rings. The summed E-state index contributed by atoms with van der Waals surface area (Å²) in [4.78, 5) is 1.15. The lowest BCUT2D eigenvalue weighted by atomic mass is 10.0. The molecular formula is C15H19ClFN3S. The van der Waals surface area contributed by atoms with Gasteiger partial charge in [-0.1, -0.05) is 42.4 Å². The van der Waals surface area contributed by atoms with Crippen LogP contribution in [0.25, 0.3) is 0 Å². The Labute approximate surface area is 133 Å². The molecule has 1 heterocycles. The van der Waals surface area contributed by atoms with Crippen molar-refractivity contribution >= 4 is 23.1 Å². The van der Waals surface area contributed by atoms with Gasteiger partial charge >= 0.3 is 0 Å². The van der Waals surface area contributed by atoms with Gasteiger partial charge in [-0.15, -0.1) is 5.10 Å². The van der Waals surface area contributed by atoms with E-state index in [1.54, 1.807) is 6.07 Å². The first-order valence-corrected chi connectivity index (χ1v) is 8.29. The van der Waals surface area contributed by atoms with E-state index in [9.17, 15) is 4.39 Å². The lowest BCUT2D eigenvalue weighted by molar-refractivity contribution is 0.548. The van der Waals surface area contributed by atoms with Crippen LogP contribution < -0.4 is 5.32 Å². The lowest BCUT2D eigenvalue weighted by Gasteiger charge is -2.17. The van der Waals surface area contributed by atoms with Crippen molar-refractivity contribution in [3.05, 3.63) is 45.2 Å². The van der Waals surface area contributed by atoms with Crippen LogP contribution in [0.2, 0.25) is 5.02 Å². The highest BCUT2D eigenvalue weighted by Gasteiger charge is 2.19. The highest BCUT2D eigenvalue weighted by molar-refractivity contribution is 7.05. The number of benzene rings is 1. The van der Waals surface area contributed by atoms with Crippen LogP contribution in [0, 0.1) is 5.82 Å². The van der Waals surface area contributed by atoms with Crippen LogP contribution in [-0.2, 0) is 12.8 Å². The molecule has 2 rings (SSSR count). The summed E-state index contributed by atoms with van der Waals surface area (Å²) >= 11 is 7.16. The lowest BCUT2D eigenvalue weighted by Crippen LogP contribution is -2.23. The molecule has 1 aromatic carbocycles. The van der Waals surface area contributed by atoms with Crippen molar-refractivity contribution in [1.82, 2.24) is 14.9 Å². The van der Waals surface area contributed by atoms with Crippen LogP contribution in [0.3, 0.4) is 0 Å². The topological polar surface area (TPSA) is 37.8 Å². The highest BCUT2D eigenvalue weighted by Crippen LogP contribution is 2.26. The number of halogens is 2. The van der Waals surface area contributed by atoms with Gasteiger partial charge in [-0.2, -0.15) is 0 Å². The molecule has 0 aliphatic carbocycles. The first kappa shape index (κ1) is 16.3. The number of hydrogen-bond acceptors (Lipinski definition) is 4. The van der Waals surface area contributed by atoms with Gasteiger partial charge in [0.05, 0.1) is 15.6 Å². The van der Waals surface area contributed by atoms with Crippen LogP contribution >= 0.6 is 23.1 Å². The van der Waals surface area contributed by atoms with Gasteiger partial charge in [0, 0.05) is 6.04 Å². The van der Waals surface area contributed by atoms with E-state index in [1.165, 1.54) is 17.6 Å². The number of aryl methyl sites for hydroxylation is 1. The van der Waals surface area contributed by atoms with Gasteiger partial charge in [-0.25, -0.2) is 4.39 Å². The summed E-state index contributed by atoms with van der Waals surface area (Å²) < 4.78 is 17.7. The minimum atomic E-state index is -0.374. The molecule has 0 fully saturated rings. The monoisotopic (exact) mass is 327 g/mol. The summed E-state index contributed by atoms with van der Waals surface area (Å²) in [6.45, 7) is 5.02. The molecule has 0 amide bonds. The molecule has 21 heavy (non-hydrogen) atoms. The fourth-order valence-electron chi connectivity index (χ4n) is 2.30. The minimum Gasteiger partial charge on any atom is -0.309 e. The van der Waals surface area contributed by atoms with Gasteiger partial charge < -0.3 is 5.32 Å². The zero-order valence-electron chi connectivity index (χ0n) is 12.2. The van der Waals surface area contributed by atoms with Crippen molar-refractivity contribution in [3.63, 3.8) is 0 Å². The van der Waals surface area contributed by atoms with Gasteiger partial charge in [0.25, 0.3) is 0 Å². The van der Waals surface area contributed by atoms with Crippen LogP contribution in [0.5, 0.6) is 0 Å². The second-order valence-electron chi connectivity index (χ2n) is 4.90. The SMILES string of the molecule is CCCc1nnsc1C(Cc1ccc(Cl)c(F)c1)NCC. The summed E-state index contributed by atoms with van der Waals surface area (Å²) in [5, 5.41) is 7.81. The molecule has 0 radical (unpaired) electrons. The van der Waals surface area contributed by atoms with Crippen molar-refractivity contribution < 1.29 is 4.39 Å². The second-order valence-corrected chi connectivity index (χ2v) is 6.09. The first-order chi connectivity index (χ1) is 10.2. The Morgan fingerprint density at radius 2 is 2.19 bits per heavy atom. The third-order valence-corrected chi connectivity index (χ3v) is 4.45. The number of likely N-dealkylation sites (N-methyl/N-ethyl adjacent to an activating group) is 1. The fraction of sp³-hybridized carbons (Fsp3) is 0.467. The molecule has 1 unspecified atom stereocenters. The van der Waals surface area contributed by atoms with E-state index in [0.717, 1.165) is 35.5 Å².